The third-order valence-electron chi connectivity index (χ3n) is 2.24. The quantitative estimate of drug-likeness (QED) is 0.654. The summed E-state index contributed by atoms with van der Waals surface area (Å²) < 4.78 is 6.09. The number of halogens is 1. The Balaban J connectivity index is 2.53. The fourth-order valence-electron chi connectivity index (χ4n) is 1.25. The smallest absolute Gasteiger partial charge is 0.335 e. The highest BCUT2D eigenvalue weighted by Crippen LogP contribution is 2.22. The van der Waals surface area contributed by atoms with E-state index < -0.39 is 17.9 Å². The van der Waals surface area contributed by atoms with Gasteiger partial charge < -0.3 is 15.2 Å². The van der Waals surface area contributed by atoms with Crippen LogP contribution in [0.1, 0.15) is 16.8 Å². The van der Waals surface area contributed by atoms with E-state index in [2.05, 4.69) is 10.6 Å². The van der Waals surface area contributed by atoms with Gasteiger partial charge >= 0.3 is 12.0 Å². The van der Waals surface area contributed by atoms with Crippen molar-refractivity contribution in [2.75, 3.05) is 13.7 Å². The molecule has 0 heterocycles. The van der Waals surface area contributed by atoms with Crippen molar-refractivity contribution >= 4 is 40.5 Å². The fraction of sp³-hybridized carbons (Fsp3) is 0.250. The van der Waals surface area contributed by atoms with Gasteiger partial charge in [-0.15, -0.1) is 0 Å². The topological polar surface area (TPSA) is 105 Å². The fourth-order valence-corrected chi connectivity index (χ4v) is 1.74. The minimum atomic E-state index is -1.05. The lowest BCUT2D eigenvalue weighted by Crippen LogP contribution is -2.37. The van der Waals surface area contributed by atoms with Gasteiger partial charge in [-0.2, -0.15) is 0 Å². The van der Waals surface area contributed by atoms with Crippen molar-refractivity contribution in [2.45, 2.75) is 6.42 Å². The van der Waals surface area contributed by atoms with Gasteiger partial charge in [-0.3, -0.25) is 10.1 Å². The first-order valence-corrected chi connectivity index (χ1v) is 6.69. The number of benzene rings is 1. The van der Waals surface area contributed by atoms with Gasteiger partial charge in [0.1, 0.15) is 5.75 Å². The maximum Gasteiger partial charge on any atom is 0.335 e. The molecular formula is C12H13IN2O5. The second-order valence-corrected chi connectivity index (χ2v) is 4.84. The van der Waals surface area contributed by atoms with Crippen molar-refractivity contribution in [2.24, 2.45) is 0 Å². The number of rotatable bonds is 5. The SMILES string of the molecule is CNC(=O)NC(=O)CCOc1cc(C(=O)O)ccc1I. The zero-order valence-corrected chi connectivity index (χ0v) is 12.8. The van der Waals surface area contributed by atoms with Gasteiger partial charge in [0.2, 0.25) is 5.91 Å². The number of hydrogen-bond donors (Lipinski definition) is 3. The number of aromatic carboxylic acids is 1. The molecule has 0 fully saturated rings. The molecule has 108 valence electrons. The molecule has 0 atom stereocenters. The third-order valence-corrected chi connectivity index (χ3v) is 3.14. The van der Waals surface area contributed by atoms with E-state index in [-0.39, 0.29) is 18.6 Å². The predicted octanol–water partition coefficient (Wildman–Crippen LogP) is 1.21. The molecule has 0 aliphatic rings. The molecule has 0 saturated heterocycles. The van der Waals surface area contributed by atoms with E-state index in [9.17, 15) is 14.4 Å². The first kappa shape index (κ1) is 16.2. The number of ether oxygens (including phenoxy) is 1. The summed E-state index contributed by atoms with van der Waals surface area (Å²) in [6.45, 7) is 0.0436. The number of carboxylic acids is 1. The lowest BCUT2D eigenvalue weighted by molar-refractivity contribution is -0.120. The van der Waals surface area contributed by atoms with Crippen molar-refractivity contribution in [1.82, 2.24) is 10.6 Å². The zero-order chi connectivity index (χ0) is 15.1. The molecule has 1 rings (SSSR count). The van der Waals surface area contributed by atoms with Gasteiger partial charge in [0.05, 0.1) is 22.2 Å². The number of carbonyl (C=O) groups excluding carboxylic acids is 2. The Morgan fingerprint density at radius 2 is 2.05 bits per heavy atom. The summed E-state index contributed by atoms with van der Waals surface area (Å²) in [6.07, 6.45) is -0.0131. The van der Waals surface area contributed by atoms with Crippen LogP contribution in [0.25, 0.3) is 0 Å². The Labute approximate surface area is 128 Å². The molecule has 20 heavy (non-hydrogen) atoms. The summed E-state index contributed by atoms with van der Waals surface area (Å²) in [5.41, 5.74) is 0.107. The summed E-state index contributed by atoms with van der Waals surface area (Å²) in [5.74, 6) is -1.14. The first-order valence-electron chi connectivity index (χ1n) is 5.61. The molecule has 0 saturated carbocycles. The maximum absolute atomic E-state index is 11.3. The summed E-state index contributed by atoms with van der Waals surface area (Å²) >= 11 is 2.00. The minimum absolute atomic E-state index is 0.0131. The van der Waals surface area contributed by atoms with Crippen LogP contribution in [-0.2, 0) is 4.79 Å². The molecule has 0 bridgehead atoms. The van der Waals surface area contributed by atoms with E-state index >= 15 is 0 Å². The van der Waals surface area contributed by atoms with E-state index in [4.69, 9.17) is 9.84 Å². The van der Waals surface area contributed by atoms with Gasteiger partial charge in [-0.25, -0.2) is 9.59 Å². The Morgan fingerprint density at radius 3 is 2.65 bits per heavy atom. The lowest BCUT2D eigenvalue weighted by Gasteiger charge is -2.09. The Morgan fingerprint density at radius 1 is 1.35 bits per heavy atom. The second-order valence-electron chi connectivity index (χ2n) is 3.68. The van der Waals surface area contributed by atoms with Crippen molar-refractivity contribution in [1.29, 1.82) is 0 Å². The van der Waals surface area contributed by atoms with Crippen molar-refractivity contribution in [3.05, 3.63) is 27.3 Å². The molecule has 0 aliphatic heterocycles. The molecule has 0 aliphatic carbocycles. The Hall–Kier alpha value is -1.84. The maximum atomic E-state index is 11.3. The van der Waals surface area contributed by atoms with E-state index in [1.807, 2.05) is 22.6 Å². The number of carbonyl (C=O) groups is 3. The molecule has 1 aromatic carbocycles. The zero-order valence-electron chi connectivity index (χ0n) is 10.6. The largest absolute Gasteiger partial charge is 0.492 e. The number of hydrogen-bond acceptors (Lipinski definition) is 4. The third kappa shape index (κ3) is 5.03. The average Bonchev–Trinajstić information content (AvgIpc) is 2.40. The van der Waals surface area contributed by atoms with Gasteiger partial charge in [0.15, 0.2) is 0 Å². The molecule has 0 unspecified atom stereocenters. The number of imide groups is 1. The highest BCUT2D eigenvalue weighted by molar-refractivity contribution is 14.1. The van der Waals surface area contributed by atoms with E-state index in [0.717, 1.165) is 3.57 Å². The second kappa shape index (κ2) is 7.68. The van der Waals surface area contributed by atoms with Crippen LogP contribution in [0, 0.1) is 3.57 Å². The van der Waals surface area contributed by atoms with Crippen LogP contribution in [0.2, 0.25) is 0 Å². The highest BCUT2D eigenvalue weighted by atomic mass is 127. The molecule has 0 radical (unpaired) electrons. The molecule has 8 heteroatoms. The first-order chi connectivity index (χ1) is 9.43. The van der Waals surface area contributed by atoms with Crippen LogP contribution in [0.3, 0.4) is 0 Å². The van der Waals surface area contributed by atoms with Crippen LogP contribution in [0.5, 0.6) is 5.75 Å². The number of amides is 3. The van der Waals surface area contributed by atoms with Crippen molar-refractivity contribution in [3.8, 4) is 5.75 Å². The number of urea groups is 1. The van der Waals surface area contributed by atoms with Crippen LogP contribution >= 0.6 is 22.6 Å². The normalized spacial score (nSPS) is 9.70. The molecule has 0 spiro atoms. The highest BCUT2D eigenvalue weighted by Gasteiger charge is 2.10. The van der Waals surface area contributed by atoms with Crippen LogP contribution in [-0.4, -0.2) is 36.7 Å². The summed E-state index contributed by atoms with van der Waals surface area (Å²) in [6, 6.07) is 3.89. The summed E-state index contributed by atoms with van der Waals surface area (Å²) in [4.78, 5) is 33.0. The minimum Gasteiger partial charge on any atom is -0.492 e. The van der Waals surface area contributed by atoms with Crippen LogP contribution < -0.4 is 15.4 Å². The molecule has 0 aromatic heterocycles. The van der Waals surface area contributed by atoms with E-state index in [1.165, 1.54) is 19.2 Å². The molecule has 1 aromatic rings. The van der Waals surface area contributed by atoms with Gasteiger partial charge in [0.25, 0.3) is 0 Å². The van der Waals surface area contributed by atoms with Gasteiger partial charge in [-0.1, -0.05) is 0 Å². The molecule has 3 N–H and O–H groups in total. The lowest BCUT2D eigenvalue weighted by atomic mass is 10.2. The Bertz CT molecular complexity index is 533. The van der Waals surface area contributed by atoms with Crippen molar-refractivity contribution in [3.63, 3.8) is 0 Å². The summed E-state index contributed by atoms with van der Waals surface area (Å²) in [7, 11) is 1.40. The average molecular weight is 392 g/mol. The summed E-state index contributed by atoms with van der Waals surface area (Å²) in [5, 5.41) is 13.2. The van der Waals surface area contributed by atoms with Crippen molar-refractivity contribution < 1.29 is 24.2 Å². The number of carboxylic acid groups (broad SMARTS) is 1. The van der Waals surface area contributed by atoms with Gasteiger partial charge in [0, 0.05) is 7.05 Å². The van der Waals surface area contributed by atoms with E-state index in [1.54, 1.807) is 6.07 Å². The van der Waals surface area contributed by atoms with E-state index in [0.29, 0.717) is 5.75 Å². The monoisotopic (exact) mass is 392 g/mol. The number of nitrogens with one attached hydrogen (secondary N) is 2. The molecular weight excluding hydrogens is 379 g/mol. The molecule has 7 nitrogen and oxygen atoms in total. The Kier molecular flexibility index (Phi) is 6.22. The standard InChI is InChI=1S/C12H13IN2O5/c1-14-12(19)15-10(16)4-5-20-9-6-7(11(17)18)2-3-8(9)13/h2-3,6H,4-5H2,1H3,(H,17,18)(H2,14,15,16,19). The molecule has 3 amide bonds. The van der Waals surface area contributed by atoms with Crippen LogP contribution in [0.4, 0.5) is 4.79 Å². The predicted molar refractivity (Wildman–Crippen MR) is 78.8 cm³/mol. The van der Waals surface area contributed by atoms with Crippen LogP contribution in [0.15, 0.2) is 18.2 Å². The van der Waals surface area contributed by atoms with Gasteiger partial charge in [-0.05, 0) is 40.8 Å².